The number of methoxy groups -OCH3 is 1. The van der Waals surface area contributed by atoms with Gasteiger partial charge in [0, 0.05) is 0 Å². The maximum absolute atomic E-state index is 6.19. The predicted molar refractivity (Wildman–Crippen MR) is 123 cm³/mol. The summed E-state index contributed by atoms with van der Waals surface area (Å²) in [4.78, 5) is 0. The number of benzene rings is 2. The van der Waals surface area contributed by atoms with Gasteiger partial charge in [-0.15, -0.1) is 0 Å². The van der Waals surface area contributed by atoms with Crippen molar-refractivity contribution in [3.8, 4) is 5.75 Å². The molecule has 0 aliphatic carbocycles. The van der Waals surface area contributed by atoms with Gasteiger partial charge in [-0.25, -0.2) is 0 Å². The summed E-state index contributed by atoms with van der Waals surface area (Å²) in [7, 11) is 1.67. The van der Waals surface area contributed by atoms with Crippen molar-refractivity contribution in [3.05, 3.63) is 54.1 Å². The van der Waals surface area contributed by atoms with Crippen molar-refractivity contribution in [2.45, 2.75) is 51.5 Å². The molecule has 29 heavy (non-hydrogen) atoms. The van der Waals surface area contributed by atoms with Gasteiger partial charge in [0.1, 0.15) is 5.75 Å². The minimum absolute atomic E-state index is 0.0746. The van der Waals surface area contributed by atoms with Gasteiger partial charge in [0.05, 0.1) is 7.11 Å². The van der Waals surface area contributed by atoms with E-state index in [1.807, 2.05) is 38.1 Å². The quantitative estimate of drug-likeness (QED) is 0.144. The second kappa shape index (κ2) is 14.0. The molecule has 1 atom stereocenters. The van der Waals surface area contributed by atoms with Crippen LogP contribution >= 0.6 is 11.8 Å². The molecule has 0 saturated heterocycles. The summed E-state index contributed by atoms with van der Waals surface area (Å²) in [5, 5.41) is 3.32. The van der Waals surface area contributed by atoms with Gasteiger partial charge < -0.3 is 4.74 Å². The van der Waals surface area contributed by atoms with Gasteiger partial charge in [-0.1, -0.05) is 13.8 Å². The molecule has 0 bridgehead atoms. The van der Waals surface area contributed by atoms with Crippen LogP contribution in [0.5, 0.6) is 5.75 Å². The van der Waals surface area contributed by atoms with E-state index in [2.05, 4.69) is 53.9 Å². The van der Waals surface area contributed by atoms with Gasteiger partial charge in [0.2, 0.25) is 0 Å². The molecule has 1 unspecified atom stereocenters. The van der Waals surface area contributed by atoms with Crippen molar-refractivity contribution in [3.63, 3.8) is 0 Å². The number of rotatable bonds is 10. The van der Waals surface area contributed by atoms with Gasteiger partial charge in [0.25, 0.3) is 0 Å². The normalized spacial score (nSPS) is 12.0. The average molecular weight is 533 g/mol. The van der Waals surface area contributed by atoms with Crippen LogP contribution in [0.3, 0.4) is 0 Å². The maximum atomic E-state index is 6.19. The van der Waals surface area contributed by atoms with E-state index in [1.54, 1.807) is 18.9 Å². The molecule has 2 aromatic carbocycles. The third-order valence-electron chi connectivity index (χ3n) is 3.50. The Labute approximate surface area is 191 Å². The molecule has 2 rings (SSSR count). The zero-order valence-corrected chi connectivity index (χ0v) is 21.3. The van der Waals surface area contributed by atoms with E-state index >= 15 is 0 Å². The molecule has 5 nitrogen and oxygen atoms in total. The van der Waals surface area contributed by atoms with Crippen LogP contribution in [0.2, 0.25) is 0 Å². The standard InChI is InChI=1S/C20H29IN3O2S.C2H6/c1-20(2,3)26-14-21-24-17-9-7-16(8-10-17)23-19(22)27-13-15-5-11-18(25-4)12-6-15;1-2/h5-12,19,23-24H,13-14,22H2,1-4H3;1-2H3/q-1;. The van der Waals surface area contributed by atoms with E-state index in [0.717, 1.165) is 27.5 Å². The zero-order valence-electron chi connectivity index (χ0n) is 18.3. The summed E-state index contributed by atoms with van der Waals surface area (Å²) < 4.78 is 15.2. The summed E-state index contributed by atoms with van der Waals surface area (Å²) in [5.41, 5.74) is 9.30. The molecule has 0 fully saturated rings. The second-order valence-electron chi connectivity index (χ2n) is 6.90. The van der Waals surface area contributed by atoms with Gasteiger partial charge >= 0.3 is 160 Å². The number of alkyl halides is 1. The molecule has 7 heteroatoms. The summed E-state index contributed by atoms with van der Waals surface area (Å²) in [6, 6.07) is 16.3. The molecule has 2 aromatic rings. The Hall–Kier alpha value is -1.16. The van der Waals surface area contributed by atoms with Crippen LogP contribution in [-0.2, 0) is 10.5 Å². The molecule has 0 aliphatic rings. The van der Waals surface area contributed by atoms with Crippen LogP contribution in [-0.4, -0.2) is 22.8 Å². The van der Waals surface area contributed by atoms with E-state index in [9.17, 15) is 0 Å². The topological polar surface area (TPSA) is 68.5 Å². The van der Waals surface area contributed by atoms with Crippen LogP contribution in [0, 0.1) is 0 Å². The van der Waals surface area contributed by atoms with Gasteiger partial charge in [0.15, 0.2) is 0 Å². The van der Waals surface area contributed by atoms with Crippen molar-refractivity contribution < 1.29 is 31.0 Å². The second-order valence-corrected chi connectivity index (χ2v) is 9.95. The van der Waals surface area contributed by atoms with Crippen LogP contribution in [0.25, 0.3) is 0 Å². The number of thioether (sulfide) groups is 1. The molecule has 4 N–H and O–H groups in total. The first-order valence-electron chi connectivity index (χ1n) is 9.70. The number of hydrogen-bond donors (Lipinski definition) is 3. The van der Waals surface area contributed by atoms with E-state index in [0.29, 0.717) is 0 Å². The first kappa shape index (κ1) is 25.9. The molecular weight excluding hydrogens is 497 g/mol. The van der Waals surface area contributed by atoms with Crippen LogP contribution < -0.4 is 40.8 Å². The SMILES string of the molecule is CC.COc1ccc(CSC(N)Nc2ccc(N[I-]COC(C)(C)C)cc2)cc1. The molecule has 0 heterocycles. The van der Waals surface area contributed by atoms with Gasteiger partial charge in [-0.2, -0.15) is 0 Å². The van der Waals surface area contributed by atoms with Crippen molar-refractivity contribution in [1.82, 2.24) is 0 Å². The van der Waals surface area contributed by atoms with E-state index in [-0.39, 0.29) is 32.6 Å². The van der Waals surface area contributed by atoms with E-state index in [1.165, 1.54) is 5.56 Å². The number of halogens is 1. The molecular formula is C22H35IN3O2S-. The molecule has 0 radical (unpaired) electrons. The van der Waals surface area contributed by atoms with E-state index in [4.69, 9.17) is 15.2 Å². The Morgan fingerprint density at radius 3 is 2.14 bits per heavy atom. The Bertz CT molecular complexity index is 676. The molecule has 0 aromatic heterocycles. The Morgan fingerprint density at radius 2 is 1.59 bits per heavy atom. The molecule has 164 valence electrons. The van der Waals surface area contributed by atoms with E-state index < -0.39 is 0 Å². The Balaban J connectivity index is 0.00000204. The third kappa shape index (κ3) is 11.6. The van der Waals surface area contributed by atoms with Crippen molar-refractivity contribution >= 4 is 23.1 Å². The summed E-state index contributed by atoms with van der Waals surface area (Å²) in [5.74, 6) is 1.71. The number of nitrogens with one attached hydrogen (secondary N) is 2. The summed E-state index contributed by atoms with van der Waals surface area (Å²) >= 11 is 1.45. The summed E-state index contributed by atoms with van der Waals surface area (Å²) in [6.45, 7) is 10.2. The van der Waals surface area contributed by atoms with Crippen LogP contribution in [0.15, 0.2) is 48.5 Å². The fraction of sp³-hybridized carbons (Fsp3) is 0.455. The molecule has 0 saturated carbocycles. The number of nitrogens with two attached hydrogens (primary N) is 1. The van der Waals surface area contributed by atoms with Gasteiger partial charge in [-0.3, -0.25) is 0 Å². The van der Waals surface area contributed by atoms with Gasteiger partial charge in [-0.05, 0) is 0 Å². The molecule has 0 spiro atoms. The predicted octanol–water partition coefficient (Wildman–Crippen LogP) is 2.50. The van der Waals surface area contributed by atoms with Crippen LogP contribution in [0.1, 0.15) is 40.2 Å². The summed E-state index contributed by atoms with van der Waals surface area (Å²) in [6.07, 6.45) is 0. The monoisotopic (exact) mass is 532 g/mol. The van der Waals surface area contributed by atoms with Crippen molar-refractivity contribution in [1.29, 1.82) is 0 Å². The molecule has 0 amide bonds. The van der Waals surface area contributed by atoms with Crippen molar-refractivity contribution in [2.24, 2.45) is 5.73 Å². The number of hydrogen-bond acceptors (Lipinski definition) is 6. The minimum atomic E-state index is -0.213. The first-order valence-corrected chi connectivity index (χ1v) is 13.4. The third-order valence-corrected chi connectivity index (χ3v) is 6.10. The zero-order chi connectivity index (χ0) is 21.7. The average Bonchev–Trinajstić information content (AvgIpc) is 2.72. The Morgan fingerprint density at radius 1 is 1.00 bits per heavy atom. The van der Waals surface area contributed by atoms with Crippen LogP contribution in [0.4, 0.5) is 11.4 Å². The molecule has 0 aliphatic heterocycles. The fourth-order valence-electron chi connectivity index (χ4n) is 2.04. The number of anilines is 2. The van der Waals surface area contributed by atoms with Crippen molar-refractivity contribution in [2.75, 3.05) is 20.6 Å². The fourth-order valence-corrected chi connectivity index (χ4v) is 4.87. The first-order chi connectivity index (χ1) is 13.9. The number of ether oxygens (including phenoxy) is 2. The Kier molecular flexibility index (Phi) is 12.4.